The van der Waals surface area contributed by atoms with Gasteiger partial charge in [0, 0.05) is 0 Å². The van der Waals surface area contributed by atoms with Gasteiger partial charge in [-0.2, -0.15) is 0 Å². The summed E-state index contributed by atoms with van der Waals surface area (Å²) < 4.78 is 0. The van der Waals surface area contributed by atoms with Crippen LogP contribution < -0.4 is 5.43 Å². The maximum atomic E-state index is 12.5. The van der Waals surface area contributed by atoms with Crippen LogP contribution in [0.1, 0.15) is 60.7 Å². The molecule has 0 saturated carbocycles. The molecule has 6 nitrogen and oxygen atoms in total. The third kappa shape index (κ3) is 3.55. The van der Waals surface area contributed by atoms with E-state index in [9.17, 15) is 19.5 Å². The molecule has 6 heteroatoms. The van der Waals surface area contributed by atoms with Crippen molar-refractivity contribution in [3.8, 4) is 0 Å². The number of ketones is 1. The Labute approximate surface area is 141 Å². The summed E-state index contributed by atoms with van der Waals surface area (Å²) in [4.78, 5) is 37.3. The quantitative estimate of drug-likeness (QED) is 0.710. The van der Waals surface area contributed by atoms with E-state index in [2.05, 4.69) is 5.43 Å². The predicted molar refractivity (Wildman–Crippen MR) is 89.2 cm³/mol. The first kappa shape index (κ1) is 18.3. The smallest absolute Gasteiger partial charge is 0.276 e. The van der Waals surface area contributed by atoms with E-state index < -0.39 is 29.7 Å². The van der Waals surface area contributed by atoms with Crippen LogP contribution in [0.2, 0.25) is 0 Å². The van der Waals surface area contributed by atoms with Crippen molar-refractivity contribution in [1.82, 2.24) is 10.4 Å². The Morgan fingerprint density at radius 3 is 2.17 bits per heavy atom. The average Bonchev–Trinajstić information content (AvgIpc) is 2.82. The SMILES string of the molecule is CCCC[C@H](NN1C(=O)c2ccccc2C1=O)C(=O)[C@H](O)C(C)C. The fourth-order valence-electron chi connectivity index (χ4n) is 2.68. The van der Waals surface area contributed by atoms with Crippen molar-refractivity contribution in [1.29, 1.82) is 0 Å². The molecule has 2 amide bonds. The lowest BCUT2D eigenvalue weighted by molar-refractivity contribution is -0.132. The number of unbranched alkanes of at least 4 members (excludes halogenated alkanes) is 1. The van der Waals surface area contributed by atoms with Crippen LogP contribution in [0.5, 0.6) is 0 Å². The van der Waals surface area contributed by atoms with Gasteiger partial charge in [-0.15, -0.1) is 0 Å². The number of amides is 2. The number of hydrazine groups is 1. The van der Waals surface area contributed by atoms with Crippen molar-refractivity contribution in [3.63, 3.8) is 0 Å². The van der Waals surface area contributed by atoms with Gasteiger partial charge < -0.3 is 5.11 Å². The van der Waals surface area contributed by atoms with Gasteiger partial charge >= 0.3 is 0 Å². The topological polar surface area (TPSA) is 86.7 Å². The predicted octanol–water partition coefficient (Wildman–Crippen LogP) is 1.93. The number of aliphatic hydroxyl groups is 1. The number of carbonyl (C=O) groups is 3. The highest BCUT2D eigenvalue weighted by Crippen LogP contribution is 2.22. The fourth-order valence-corrected chi connectivity index (χ4v) is 2.68. The Kier molecular flexibility index (Phi) is 5.85. The highest BCUT2D eigenvalue weighted by atomic mass is 16.3. The minimum atomic E-state index is -1.13. The summed E-state index contributed by atoms with van der Waals surface area (Å²) in [6.07, 6.45) is 0.935. The molecule has 130 valence electrons. The zero-order chi connectivity index (χ0) is 17.9. The van der Waals surface area contributed by atoms with E-state index in [4.69, 9.17) is 0 Å². The van der Waals surface area contributed by atoms with Crippen LogP contribution >= 0.6 is 0 Å². The van der Waals surface area contributed by atoms with Crippen LogP contribution in [-0.2, 0) is 4.79 Å². The lowest BCUT2D eigenvalue weighted by Crippen LogP contribution is -2.53. The number of imide groups is 1. The van der Waals surface area contributed by atoms with Gasteiger partial charge in [0.2, 0.25) is 0 Å². The Bertz CT molecular complexity index is 607. The van der Waals surface area contributed by atoms with Crippen molar-refractivity contribution in [2.24, 2.45) is 5.92 Å². The molecule has 0 spiro atoms. The highest BCUT2D eigenvalue weighted by molar-refractivity contribution is 6.21. The zero-order valence-corrected chi connectivity index (χ0v) is 14.3. The lowest BCUT2D eigenvalue weighted by atomic mass is 9.95. The van der Waals surface area contributed by atoms with Gasteiger partial charge in [0.25, 0.3) is 11.8 Å². The summed E-state index contributed by atoms with van der Waals surface area (Å²) in [7, 11) is 0. The van der Waals surface area contributed by atoms with Gasteiger partial charge in [0.15, 0.2) is 5.78 Å². The van der Waals surface area contributed by atoms with Gasteiger partial charge in [0.1, 0.15) is 6.10 Å². The Morgan fingerprint density at radius 2 is 1.71 bits per heavy atom. The molecule has 2 N–H and O–H groups in total. The van der Waals surface area contributed by atoms with Gasteiger partial charge in [-0.3, -0.25) is 14.4 Å². The van der Waals surface area contributed by atoms with Crippen molar-refractivity contribution in [2.45, 2.75) is 52.2 Å². The number of benzene rings is 1. The van der Waals surface area contributed by atoms with E-state index in [1.807, 2.05) is 6.92 Å². The Morgan fingerprint density at radius 1 is 1.17 bits per heavy atom. The van der Waals surface area contributed by atoms with Crippen molar-refractivity contribution < 1.29 is 19.5 Å². The molecule has 1 aromatic carbocycles. The first-order valence-corrected chi connectivity index (χ1v) is 8.34. The third-order valence-corrected chi connectivity index (χ3v) is 4.19. The number of hydrogen-bond acceptors (Lipinski definition) is 5. The largest absolute Gasteiger partial charge is 0.385 e. The zero-order valence-electron chi connectivity index (χ0n) is 14.3. The van der Waals surface area contributed by atoms with Gasteiger partial charge in [-0.1, -0.05) is 45.7 Å². The van der Waals surface area contributed by atoms with Gasteiger partial charge in [-0.25, -0.2) is 10.4 Å². The molecule has 1 heterocycles. The summed E-state index contributed by atoms with van der Waals surface area (Å²) >= 11 is 0. The molecule has 2 atom stereocenters. The number of Topliss-reactive ketones (excluding diaryl/α,β-unsaturated/α-hetero) is 1. The van der Waals surface area contributed by atoms with Gasteiger partial charge in [-0.05, 0) is 24.5 Å². The summed E-state index contributed by atoms with van der Waals surface area (Å²) in [6, 6.07) is 5.78. The fraction of sp³-hybridized carbons (Fsp3) is 0.500. The Hall–Kier alpha value is -2.05. The summed E-state index contributed by atoms with van der Waals surface area (Å²) in [5.74, 6) is -1.56. The van der Waals surface area contributed by atoms with Crippen LogP contribution in [0.15, 0.2) is 24.3 Å². The number of carbonyl (C=O) groups excluding carboxylic acids is 3. The molecule has 0 aliphatic carbocycles. The minimum absolute atomic E-state index is 0.231. The summed E-state index contributed by atoms with van der Waals surface area (Å²) in [5, 5.41) is 11.0. The Balaban J connectivity index is 2.20. The molecule has 2 rings (SSSR count). The van der Waals surface area contributed by atoms with Crippen LogP contribution in [0.25, 0.3) is 0 Å². The van der Waals surface area contributed by atoms with E-state index in [0.717, 1.165) is 17.9 Å². The van der Waals surface area contributed by atoms with E-state index in [1.165, 1.54) is 0 Å². The highest BCUT2D eigenvalue weighted by Gasteiger charge is 2.38. The molecule has 24 heavy (non-hydrogen) atoms. The number of fused-ring (bicyclic) bond motifs is 1. The number of nitrogens with one attached hydrogen (secondary N) is 1. The maximum Gasteiger partial charge on any atom is 0.276 e. The molecule has 1 aliphatic heterocycles. The van der Waals surface area contributed by atoms with E-state index in [-0.39, 0.29) is 5.92 Å². The molecule has 0 fully saturated rings. The standard InChI is InChI=1S/C18H24N2O4/c1-4-5-10-14(16(22)15(21)11(2)3)19-20-17(23)12-8-6-7-9-13(12)18(20)24/h6-9,11,14-15,19,21H,4-5,10H2,1-3H3/t14-,15+/m0/s1. The second-order valence-corrected chi connectivity index (χ2v) is 6.41. The van der Waals surface area contributed by atoms with Crippen molar-refractivity contribution in [2.75, 3.05) is 0 Å². The lowest BCUT2D eigenvalue weighted by Gasteiger charge is -2.26. The monoisotopic (exact) mass is 332 g/mol. The minimum Gasteiger partial charge on any atom is -0.385 e. The van der Waals surface area contributed by atoms with E-state index in [1.54, 1.807) is 38.1 Å². The molecule has 0 aromatic heterocycles. The normalized spacial score (nSPS) is 16.5. The first-order chi connectivity index (χ1) is 11.4. The molecular weight excluding hydrogens is 308 g/mol. The molecule has 1 aromatic rings. The molecule has 0 bridgehead atoms. The average molecular weight is 332 g/mol. The third-order valence-electron chi connectivity index (χ3n) is 4.19. The van der Waals surface area contributed by atoms with Crippen molar-refractivity contribution in [3.05, 3.63) is 35.4 Å². The molecular formula is C18H24N2O4. The van der Waals surface area contributed by atoms with Crippen LogP contribution in [0, 0.1) is 5.92 Å². The molecule has 0 saturated heterocycles. The maximum absolute atomic E-state index is 12.5. The number of rotatable bonds is 8. The van der Waals surface area contributed by atoms with Gasteiger partial charge in [0.05, 0.1) is 17.2 Å². The summed E-state index contributed by atoms with van der Waals surface area (Å²) in [6.45, 7) is 5.49. The van der Waals surface area contributed by atoms with Crippen LogP contribution in [0.4, 0.5) is 0 Å². The van der Waals surface area contributed by atoms with Crippen LogP contribution in [-0.4, -0.2) is 39.9 Å². The molecule has 0 unspecified atom stereocenters. The number of aliphatic hydroxyl groups excluding tert-OH is 1. The second-order valence-electron chi connectivity index (χ2n) is 6.41. The second kappa shape index (κ2) is 7.68. The van der Waals surface area contributed by atoms with E-state index >= 15 is 0 Å². The van der Waals surface area contributed by atoms with Crippen LogP contribution in [0.3, 0.4) is 0 Å². The summed E-state index contributed by atoms with van der Waals surface area (Å²) in [5.41, 5.74) is 3.40. The molecule has 0 radical (unpaired) electrons. The first-order valence-electron chi connectivity index (χ1n) is 8.34. The van der Waals surface area contributed by atoms with Crippen molar-refractivity contribution >= 4 is 17.6 Å². The molecule has 1 aliphatic rings. The number of nitrogens with zero attached hydrogens (tertiary/aromatic N) is 1. The number of hydrogen-bond donors (Lipinski definition) is 2. The van der Waals surface area contributed by atoms with E-state index in [0.29, 0.717) is 17.5 Å².